The smallest absolute Gasteiger partial charge is 0.423 e. The highest BCUT2D eigenvalue weighted by Crippen LogP contribution is 2.40. The minimum Gasteiger partial charge on any atom is -0.478 e. The summed E-state index contributed by atoms with van der Waals surface area (Å²) in [7, 11) is 1.56. The summed E-state index contributed by atoms with van der Waals surface area (Å²) in [5, 5.41) is 27.0. The van der Waals surface area contributed by atoms with Crippen molar-refractivity contribution in [3.8, 4) is 11.3 Å². The lowest BCUT2D eigenvalue weighted by Gasteiger charge is -2.26. The van der Waals surface area contributed by atoms with E-state index in [0.717, 1.165) is 6.20 Å². The van der Waals surface area contributed by atoms with Gasteiger partial charge in [-0.05, 0) is 36.2 Å². The number of pyridine rings is 2. The number of hydrogen-bond donors (Lipinski definition) is 2. The van der Waals surface area contributed by atoms with Gasteiger partial charge in [-0.15, -0.1) is 5.10 Å². The third-order valence-corrected chi connectivity index (χ3v) is 5.71. The van der Waals surface area contributed by atoms with E-state index in [2.05, 4.69) is 10.3 Å². The van der Waals surface area contributed by atoms with Gasteiger partial charge in [0.15, 0.2) is 0 Å². The fourth-order valence-corrected chi connectivity index (χ4v) is 3.79. The van der Waals surface area contributed by atoms with E-state index in [1.165, 1.54) is 40.6 Å². The van der Waals surface area contributed by atoms with Crippen LogP contribution in [0.1, 0.15) is 35.0 Å². The van der Waals surface area contributed by atoms with Crippen LogP contribution in [-0.2, 0) is 19.2 Å². The summed E-state index contributed by atoms with van der Waals surface area (Å²) in [4.78, 5) is 23.6. The van der Waals surface area contributed by atoms with Gasteiger partial charge in [-0.3, -0.25) is 4.79 Å². The highest BCUT2D eigenvalue weighted by atomic mass is 19.4. The van der Waals surface area contributed by atoms with E-state index in [0.29, 0.717) is 22.3 Å². The quantitative estimate of drug-likeness (QED) is 0.443. The number of carbonyl (C=O) groups is 1. The van der Waals surface area contributed by atoms with Crippen molar-refractivity contribution in [2.24, 2.45) is 7.05 Å². The van der Waals surface area contributed by atoms with E-state index >= 15 is 0 Å². The molecule has 4 aromatic heterocycles. The summed E-state index contributed by atoms with van der Waals surface area (Å²) < 4.78 is 44.1. The molecule has 4 rings (SSSR count). The van der Waals surface area contributed by atoms with Crippen LogP contribution in [0.5, 0.6) is 0 Å². The van der Waals surface area contributed by atoms with Crippen LogP contribution in [0.15, 0.2) is 53.7 Å². The van der Waals surface area contributed by atoms with Gasteiger partial charge in [0.25, 0.3) is 0 Å². The Morgan fingerprint density at radius 1 is 1.15 bits per heavy atom. The van der Waals surface area contributed by atoms with Gasteiger partial charge in [0, 0.05) is 36.6 Å². The molecule has 0 amide bonds. The van der Waals surface area contributed by atoms with Crippen molar-refractivity contribution in [3.63, 3.8) is 0 Å². The lowest BCUT2D eigenvalue weighted by atomic mass is 9.96. The average Bonchev–Trinajstić information content (AvgIpc) is 3.39. The second-order valence-electron chi connectivity index (χ2n) is 7.92. The second kappa shape index (κ2) is 8.13. The van der Waals surface area contributed by atoms with Crippen LogP contribution in [0.3, 0.4) is 0 Å². The van der Waals surface area contributed by atoms with Crippen molar-refractivity contribution in [3.05, 3.63) is 76.1 Å². The molecule has 0 radical (unpaired) electrons. The molecule has 0 saturated heterocycles. The predicted octanol–water partition coefficient (Wildman–Crippen LogP) is 2.80. The molecule has 34 heavy (non-hydrogen) atoms. The zero-order valence-corrected chi connectivity index (χ0v) is 18.1. The number of rotatable bonds is 6. The standard InChI is InChI=1S/C22H20F3N5O4/c1-3-21(34,22(23,24)25)17-12-29(27-26-17)10-13-6-7-30-15(8-13)9-16(20(32)33)19(30)14-4-5-18(31)28(2)11-14/h4-9,11-12,34H,3,10H2,1-2H3,(H,32,33). The second-order valence-corrected chi connectivity index (χ2v) is 7.92. The molecule has 0 aliphatic heterocycles. The van der Waals surface area contributed by atoms with Gasteiger partial charge in [0.05, 0.1) is 24.0 Å². The SMILES string of the molecule is CCC(O)(c1cn(Cc2ccn3c(-c4ccc(=O)n(C)c4)c(C(=O)O)cc3c2)nn1)C(F)(F)F. The van der Waals surface area contributed by atoms with Crippen LogP contribution in [0.2, 0.25) is 0 Å². The molecule has 9 nitrogen and oxygen atoms in total. The predicted molar refractivity (Wildman–Crippen MR) is 114 cm³/mol. The first-order chi connectivity index (χ1) is 15.9. The number of alkyl halides is 3. The molecule has 2 N–H and O–H groups in total. The van der Waals surface area contributed by atoms with Crippen molar-refractivity contribution >= 4 is 11.5 Å². The highest BCUT2D eigenvalue weighted by molar-refractivity contribution is 5.97. The molecule has 4 heterocycles. The topological polar surface area (TPSA) is 115 Å². The van der Waals surface area contributed by atoms with Gasteiger partial charge in [-0.1, -0.05) is 12.1 Å². The van der Waals surface area contributed by atoms with Crippen LogP contribution in [0, 0.1) is 0 Å². The Hall–Kier alpha value is -3.93. The molecular weight excluding hydrogens is 455 g/mol. The maximum absolute atomic E-state index is 13.3. The van der Waals surface area contributed by atoms with E-state index in [1.54, 1.807) is 29.8 Å². The first-order valence-electron chi connectivity index (χ1n) is 10.2. The Kier molecular flexibility index (Phi) is 5.56. The minimum absolute atomic E-state index is 0.0250. The molecule has 0 aliphatic rings. The fraction of sp³-hybridized carbons (Fsp3) is 0.273. The van der Waals surface area contributed by atoms with Gasteiger partial charge < -0.3 is 19.2 Å². The van der Waals surface area contributed by atoms with Crippen molar-refractivity contribution < 1.29 is 28.2 Å². The Labute approximate surface area is 190 Å². The number of aryl methyl sites for hydroxylation is 1. The van der Waals surface area contributed by atoms with Crippen LogP contribution in [0.4, 0.5) is 13.2 Å². The summed E-state index contributed by atoms with van der Waals surface area (Å²) >= 11 is 0. The van der Waals surface area contributed by atoms with Crippen LogP contribution in [-0.4, -0.2) is 46.3 Å². The number of carboxylic acids is 1. The van der Waals surface area contributed by atoms with Gasteiger partial charge in [0.1, 0.15) is 5.69 Å². The van der Waals surface area contributed by atoms with E-state index in [1.807, 2.05) is 0 Å². The number of nitrogens with zero attached hydrogens (tertiary/aromatic N) is 5. The number of fused-ring (bicyclic) bond motifs is 1. The lowest BCUT2D eigenvalue weighted by Crippen LogP contribution is -2.42. The number of aliphatic hydroxyl groups is 1. The molecule has 0 aromatic carbocycles. The van der Waals surface area contributed by atoms with Crippen molar-refractivity contribution in [1.29, 1.82) is 0 Å². The van der Waals surface area contributed by atoms with Crippen molar-refractivity contribution in [2.75, 3.05) is 0 Å². The molecule has 0 bridgehead atoms. The third kappa shape index (κ3) is 3.85. The Balaban J connectivity index is 1.72. The molecule has 0 saturated carbocycles. The highest BCUT2D eigenvalue weighted by Gasteiger charge is 2.55. The van der Waals surface area contributed by atoms with E-state index in [-0.39, 0.29) is 17.7 Å². The first kappa shape index (κ1) is 23.2. The van der Waals surface area contributed by atoms with Crippen LogP contribution >= 0.6 is 0 Å². The van der Waals surface area contributed by atoms with Gasteiger partial charge in [-0.25, -0.2) is 9.48 Å². The molecule has 12 heteroatoms. The Morgan fingerprint density at radius 3 is 2.50 bits per heavy atom. The van der Waals surface area contributed by atoms with E-state index < -0.39 is 29.9 Å². The molecule has 0 spiro atoms. The molecule has 0 aliphatic carbocycles. The number of halogens is 3. The number of aromatic carboxylic acids is 1. The van der Waals surface area contributed by atoms with Crippen molar-refractivity contribution in [2.45, 2.75) is 31.7 Å². The zero-order chi connectivity index (χ0) is 24.8. The van der Waals surface area contributed by atoms with E-state index in [9.17, 15) is 33.0 Å². The number of carboxylic acid groups (broad SMARTS) is 1. The maximum atomic E-state index is 13.3. The van der Waals surface area contributed by atoms with Crippen molar-refractivity contribution in [1.82, 2.24) is 24.0 Å². The normalized spacial score (nSPS) is 13.8. The minimum atomic E-state index is -4.90. The zero-order valence-electron chi connectivity index (χ0n) is 18.1. The molecule has 1 unspecified atom stereocenters. The summed E-state index contributed by atoms with van der Waals surface area (Å²) in [6.07, 6.45) is -1.31. The molecular formula is C22H20F3N5O4. The van der Waals surface area contributed by atoms with Gasteiger partial charge in [-0.2, -0.15) is 13.2 Å². The lowest BCUT2D eigenvalue weighted by molar-refractivity contribution is -0.269. The Morgan fingerprint density at radius 2 is 1.88 bits per heavy atom. The van der Waals surface area contributed by atoms with Crippen LogP contribution < -0.4 is 5.56 Å². The fourth-order valence-electron chi connectivity index (χ4n) is 3.79. The number of hydrogen-bond acceptors (Lipinski definition) is 5. The average molecular weight is 475 g/mol. The molecule has 4 aromatic rings. The third-order valence-electron chi connectivity index (χ3n) is 5.71. The van der Waals surface area contributed by atoms with Crippen LogP contribution in [0.25, 0.3) is 16.8 Å². The van der Waals surface area contributed by atoms with E-state index in [4.69, 9.17) is 0 Å². The molecule has 178 valence electrons. The summed E-state index contributed by atoms with van der Waals surface area (Å²) in [5.41, 5.74) is -1.86. The summed E-state index contributed by atoms with van der Waals surface area (Å²) in [6, 6.07) is 7.70. The summed E-state index contributed by atoms with van der Waals surface area (Å²) in [6.45, 7) is 1.25. The molecule has 1 atom stereocenters. The monoisotopic (exact) mass is 475 g/mol. The summed E-state index contributed by atoms with van der Waals surface area (Å²) in [5.74, 6) is -1.15. The first-order valence-corrected chi connectivity index (χ1v) is 10.2. The number of aromatic nitrogens is 5. The van der Waals surface area contributed by atoms with Gasteiger partial charge >= 0.3 is 12.1 Å². The van der Waals surface area contributed by atoms with Gasteiger partial charge in [0.2, 0.25) is 11.2 Å². The largest absolute Gasteiger partial charge is 0.478 e. The molecule has 0 fully saturated rings. The Bertz CT molecular complexity index is 1450. The maximum Gasteiger partial charge on any atom is 0.423 e.